The minimum atomic E-state index is -0.432. The summed E-state index contributed by atoms with van der Waals surface area (Å²) in [6, 6.07) is 12.6. The quantitative estimate of drug-likeness (QED) is 0.676. The zero-order valence-electron chi connectivity index (χ0n) is 10.9. The molecule has 0 spiro atoms. The SMILES string of the molecule is Cc1cccc(C(=O)Cc2nc3ccccc3s2)c1F. The van der Waals surface area contributed by atoms with E-state index in [1.54, 1.807) is 19.1 Å². The Labute approximate surface area is 119 Å². The fourth-order valence-electron chi connectivity index (χ4n) is 2.09. The van der Waals surface area contributed by atoms with Gasteiger partial charge in [-0.1, -0.05) is 24.3 Å². The molecule has 0 atom stereocenters. The second-order valence-electron chi connectivity index (χ2n) is 4.61. The predicted octanol–water partition coefficient (Wildman–Crippen LogP) is 4.17. The van der Waals surface area contributed by atoms with Gasteiger partial charge in [-0.15, -0.1) is 11.3 Å². The number of aromatic nitrogens is 1. The van der Waals surface area contributed by atoms with Crippen LogP contribution in [-0.2, 0) is 6.42 Å². The summed E-state index contributed by atoms with van der Waals surface area (Å²) >= 11 is 1.48. The number of benzene rings is 2. The molecule has 1 heterocycles. The van der Waals surface area contributed by atoms with Crippen LogP contribution in [0.15, 0.2) is 42.5 Å². The molecule has 0 unspecified atom stereocenters. The average Bonchev–Trinajstić information content (AvgIpc) is 2.83. The Bertz CT molecular complexity index is 761. The highest BCUT2D eigenvalue weighted by atomic mass is 32.1. The standard InChI is InChI=1S/C16H12FNOS/c1-10-5-4-6-11(16(10)17)13(19)9-15-18-12-7-2-3-8-14(12)20-15/h2-8H,9H2,1H3. The molecular weight excluding hydrogens is 273 g/mol. The van der Waals surface area contributed by atoms with Gasteiger partial charge in [0.05, 0.1) is 22.2 Å². The summed E-state index contributed by atoms with van der Waals surface area (Å²) in [6.07, 6.45) is 0.139. The third kappa shape index (κ3) is 2.34. The van der Waals surface area contributed by atoms with Gasteiger partial charge in [0.2, 0.25) is 0 Å². The molecular formula is C16H12FNOS. The van der Waals surface area contributed by atoms with Gasteiger partial charge in [0.25, 0.3) is 0 Å². The van der Waals surface area contributed by atoms with E-state index in [1.165, 1.54) is 17.4 Å². The maximum absolute atomic E-state index is 13.9. The first kappa shape index (κ1) is 12.9. The fraction of sp³-hybridized carbons (Fsp3) is 0.125. The van der Waals surface area contributed by atoms with Crippen molar-refractivity contribution in [2.45, 2.75) is 13.3 Å². The monoisotopic (exact) mass is 285 g/mol. The highest BCUT2D eigenvalue weighted by Crippen LogP contribution is 2.23. The number of para-hydroxylation sites is 1. The molecule has 20 heavy (non-hydrogen) atoms. The summed E-state index contributed by atoms with van der Waals surface area (Å²) in [7, 11) is 0. The van der Waals surface area contributed by atoms with Gasteiger partial charge in [0.15, 0.2) is 5.78 Å². The van der Waals surface area contributed by atoms with Gasteiger partial charge in [0, 0.05) is 0 Å². The van der Waals surface area contributed by atoms with Gasteiger partial charge in [-0.3, -0.25) is 4.79 Å². The minimum absolute atomic E-state index is 0.139. The molecule has 0 saturated heterocycles. The van der Waals surface area contributed by atoms with Crippen molar-refractivity contribution in [2.75, 3.05) is 0 Å². The molecule has 0 aliphatic heterocycles. The molecule has 0 fully saturated rings. The number of hydrogen-bond acceptors (Lipinski definition) is 3. The Balaban J connectivity index is 1.90. The number of fused-ring (bicyclic) bond motifs is 1. The largest absolute Gasteiger partial charge is 0.294 e. The van der Waals surface area contributed by atoms with E-state index in [-0.39, 0.29) is 17.8 Å². The third-order valence-corrected chi connectivity index (χ3v) is 4.18. The Kier molecular flexibility index (Phi) is 3.32. The fourth-order valence-corrected chi connectivity index (χ4v) is 3.06. The van der Waals surface area contributed by atoms with Gasteiger partial charge >= 0.3 is 0 Å². The number of hydrogen-bond donors (Lipinski definition) is 0. The lowest BCUT2D eigenvalue weighted by molar-refractivity contribution is 0.0989. The average molecular weight is 285 g/mol. The number of nitrogens with zero attached hydrogens (tertiary/aromatic N) is 1. The maximum atomic E-state index is 13.9. The van der Waals surface area contributed by atoms with Gasteiger partial charge < -0.3 is 0 Å². The van der Waals surface area contributed by atoms with E-state index in [9.17, 15) is 9.18 Å². The van der Waals surface area contributed by atoms with Crippen molar-refractivity contribution in [3.05, 3.63) is 64.4 Å². The first-order chi connectivity index (χ1) is 9.65. The number of carbonyl (C=O) groups is 1. The third-order valence-electron chi connectivity index (χ3n) is 3.14. The van der Waals surface area contributed by atoms with Gasteiger partial charge in [-0.05, 0) is 30.7 Å². The summed E-state index contributed by atoms with van der Waals surface area (Å²) in [4.78, 5) is 16.6. The Morgan fingerprint density at radius 1 is 1.20 bits per heavy atom. The van der Waals surface area contributed by atoms with Crippen molar-refractivity contribution >= 4 is 27.3 Å². The molecule has 3 rings (SSSR count). The van der Waals surface area contributed by atoms with E-state index in [2.05, 4.69) is 4.98 Å². The van der Waals surface area contributed by atoms with Crippen molar-refractivity contribution in [2.24, 2.45) is 0 Å². The maximum Gasteiger partial charge on any atom is 0.172 e. The molecule has 0 N–H and O–H groups in total. The van der Waals surface area contributed by atoms with E-state index in [0.717, 1.165) is 15.2 Å². The van der Waals surface area contributed by atoms with Crippen LogP contribution >= 0.6 is 11.3 Å². The van der Waals surface area contributed by atoms with Crippen LogP contribution in [0, 0.1) is 12.7 Å². The first-order valence-electron chi connectivity index (χ1n) is 6.28. The second-order valence-corrected chi connectivity index (χ2v) is 5.73. The summed E-state index contributed by atoms with van der Waals surface area (Å²) in [5.41, 5.74) is 1.51. The summed E-state index contributed by atoms with van der Waals surface area (Å²) in [5.74, 6) is -0.663. The lowest BCUT2D eigenvalue weighted by Gasteiger charge is -2.03. The molecule has 1 aromatic heterocycles. The first-order valence-corrected chi connectivity index (χ1v) is 7.09. The molecule has 0 radical (unpaired) electrons. The molecule has 3 aromatic rings. The van der Waals surface area contributed by atoms with Crippen LogP contribution in [0.25, 0.3) is 10.2 Å². The zero-order chi connectivity index (χ0) is 14.1. The van der Waals surface area contributed by atoms with Crippen molar-refractivity contribution in [1.82, 2.24) is 4.98 Å². The zero-order valence-corrected chi connectivity index (χ0v) is 11.7. The van der Waals surface area contributed by atoms with Crippen molar-refractivity contribution < 1.29 is 9.18 Å². The number of carbonyl (C=O) groups excluding carboxylic acids is 1. The van der Waals surface area contributed by atoms with Crippen LogP contribution in [0.2, 0.25) is 0 Å². The Morgan fingerprint density at radius 3 is 2.80 bits per heavy atom. The van der Waals surface area contributed by atoms with Crippen LogP contribution < -0.4 is 0 Å². The van der Waals surface area contributed by atoms with Crippen LogP contribution in [0.5, 0.6) is 0 Å². The van der Waals surface area contributed by atoms with Crippen LogP contribution in [0.4, 0.5) is 4.39 Å². The van der Waals surface area contributed by atoms with Crippen LogP contribution in [-0.4, -0.2) is 10.8 Å². The van der Waals surface area contributed by atoms with E-state index >= 15 is 0 Å². The number of rotatable bonds is 3. The van der Waals surface area contributed by atoms with Gasteiger partial charge in [-0.25, -0.2) is 9.37 Å². The summed E-state index contributed by atoms with van der Waals surface area (Å²) in [6.45, 7) is 1.66. The Hall–Kier alpha value is -2.07. The predicted molar refractivity (Wildman–Crippen MR) is 78.8 cm³/mol. The van der Waals surface area contributed by atoms with E-state index in [1.807, 2.05) is 24.3 Å². The number of aryl methyl sites for hydroxylation is 1. The van der Waals surface area contributed by atoms with Crippen molar-refractivity contribution in [1.29, 1.82) is 0 Å². The normalized spacial score (nSPS) is 10.9. The lowest BCUT2D eigenvalue weighted by Crippen LogP contribution is -2.06. The van der Waals surface area contributed by atoms with Gasteiger partial charge in [0.1, 0.15) is 10.8 Å². The van der Waals surface area contributed by atoms with Crippen LogP contribution in [0.1, 0.15) is 20.9 Å². The number of halogens is 1. The number of thiazole rings is 1. The topological polar surface area (TPSA) is 30.0 Å². The Morgan fingerprint density at radius 2 is 2.00 bits per heavy atom. The molecule has 0 aliphatic rings. The molecule has 0 amide bonds. The molecule has 2 nitrogen and oxygen atoms in total. The van der Waals surface area contributed by atoms with Crippen LogP contribution in [0.3, 0.4) is 0 Å². The van der Waals surface area contributed by atoms with E-state index < -0.39 is 5.82 Å². The van der Waals surface area contributed by atoms with Gasteiger partial charge in [-0.2, -0.15) is 0 Å². The number of Topliss-reactive ketones (excluding diaryl/α,β-unsaturated/α-hetero) is 1. The smallest absolute Gasteiger partial charge is 0.172 e. The van der Waals surface area contributed by atoms with Crippen molar-refractivity contribution in [3.63, 3.8) is 0 Å². The second kappa shape index (κ2) is 5.13. The van der Waals surface area contributed by atoms with E-state index in [0.29, 0.717) is 5.56 Å². The summed E-state index contributed by atoms with van der Waals surface area (Å²) in [5, 5.41) is 0.720. The highest BCUT2D eigenvalue weighted by Gasteiger charge is 2.15. The van der Waals surface area contributed by atoms with E-state index in [4.69, 9.17) is 0 Å². The molecule has 100 valence electrons. The molecule has 0 aliphatic carbocycles. The lowest BCUT2D eigenvalue weighted by atomic mass is 10.1. The van der Waals surface area contributed by atoms with Crippen molar-refractivity contribution in [3.8, 4) is 0 Å². The highest BCUT2D eigenvalue weighted by molar-refractivity contribution is 7.18. The molecule has 0 bridgehead atoms. The molecule has 4 heteroatoms. The molecule has 2 aromatic carbocycles. The number of ketones is 1. The molecule has 0 saturated carbocycles. The summed E-state index contributed by atoms with van der Waals surface area (Å²) < 4.78 is 15.0. The minimum Gasteiger partial charge on any atom is -0.294 e.